The summed E-state index contributed by atoms with van der Waals surface area (Å²) in [5.41, 5.74) is -0.455. The third kappa shape index (κ3) is 2.24. The first-order chi connectivity index (χ1) is 13.6. The second-order valence-electron chi connectivity index (χ2n) is 10.5. The first-order valence-electron chi connectivity index (χ1n) is 10.9. The highest BCUT2D eigenvalue weighted by molar-refractivity contribution is 6.32. The van der Waals surface area contributed by atoms with Gasteiger partial charge >= 0.3 is 5.97 Å². The molecular weight excluding hydrogens is 388 g/mol. The van der Waals surface area contributed by atoms with E-state index in [1.54, 1.807) is 6.92 Å². The Morgan fingerprint density at radius 3 is 2.45 bits per heavy atom. The Labute approximate surface area is 177 Å². The molecule has 0 aromatic rings. The molecule has 0 N–H and O–H groups in total. The van der Waals surface area contributed by atoms with E-state index in [9.17, 15) is 14.4 Å². The SMILES string of the molecule is CC(=O)O[C@]1(C(C)=O)CC[C@@H]2[C@@H]3C=C(Cl)C4=CC(=O)[C@H]5C[C@@H]5[C@]4(C)[C@H]3CC[C@]21C. The van der Waals surface area contributed by atoms with Crippen LogP contribution in [0.2, 0.25) is 0 Å². The lowest BCUT2D eigenvalue weighted by molar-refractivity contribution is -0.185. The molecule has 0 aromatic carbocycles. The Morgan fingerprint density at radius 2 is 1.79 bits per heavy atom. The molecule has 29 heavy (non-hydrogen) atoms. The van der Waals surface area contributed by atoms with E-state index in [2.05, 4.69) is 19.9 Å². The molecule has 0 radical (unpaired) electrons. The number of Topliss-reactive ketones (excluding diaryl/α,β-unsaturated/α-hetero) is 1. The van der Waals surface area contributed by atoms with Crippen LogP contribution in [0.4, 0.5) is 0 Å². The molecule has 4 nitrogen and oxygen atoms in total. The summed E-state index contributed by atoms with van der Waals surface area (Å²) >= 11 is 6.79. The Balaban J connectivity index is 1.60. The summed E-state index contributed by atoms with van der Waals surface area (Å²) in [5, 5.41) is 0.713. The fourth-order valence-corrected chi connectivity index (χ4v) is 8.43. The number of allylic oxidation sites excluding steroid dienone is 4. The van der Waals surface area contributed by atoms with Crippen molar-refractivity contribution in [1.82, 2.24) is 0 Å². The van der Waals surface area contributed by atoms with E-state index in [1.807, 2.05) is 6.08 Å². The second-order valence-corrected chi connectivity index (χ2v) is 10.9. The zero-order valence-corrected chi connectivity index (χ0v) is 18.3. The van der Waals surface area contributed by atoms with Gasteiger partial charge in [-0.3, -0.25) is 14.4 Å². The number of carbonyl (C=O) groups is 3. The summed E-state index contributed by atoms with van der Waals surface area (Å²) in [6, 6.07) is 0. The third-order valence-corrected chi connectivity index (χ3v) is 9.83. The van der Waals surface area contributed by atoms with Crippen LogP contribution in [0, 0.1) is 40.4 Å². The molecule has 5 heteroatoms. The van der Waals surface area contributed by atoms with Crippen molar-refractivity contribution in [3.8, 4) is 0 Å². The van der Waals surface area contributed by atoms with Crippen molar-refractivity contribution in [2.24, 2.45) is 40.4 Å². The van der Waals surface area contributed by atoms with Gasteiger partial charge in [-0.15, -0.1) is 0 Å². The topological polar surface area (TPSA) is 60.4 Å². The third-order valence-electron chi connectivity index (χ3n) is 9.50. The van der Waals surface area contributed by atoms with E-state index in [-0.39, 0.29) is 46.1 Å². The molecular formula is C24H29ClO4. The normalized spacial score (nSPS) is 49.7. The van der Waals surface area contributed by atoms with Crippen LogP contribution < -0.4 is 0 Å². The Hall–Kier alpha value is -1.42. The number of carbonyl (C=O) groups excluding carboxylic acids is 3. The minimum absolute atomic E-state index is 0.0423. The lowest BCUT2D eigenvalue weighted by atomic mass is 9.47. The van der Waals surface area contributed by atoms with Crippen LogP contribution in [0.5, 0.6) is 0 Å². The maximum atomic E-state index is 12.8. The van der Waals surface area contributed by atoms with Gasteiger partial charge in [0.15, 0.2) is 17.2 Å². The first-order valence-corrected chi connectivity index (χ1v) is 11.3. The minimum atomic E-state index is -1.03. The molecule has 3 saturated carbocycles. The van der Waals surface area contributed by atoms with Gasteiger partial charge < -0.3 is 4.74 Å². The van der Waals surface area contributed by atoms with Gasteiger partial charge in [-0.2, -0.15) is 0 Å². The quantitative estimate of drug-likeness (QED) is 0.617. The molecule has 0 unspecified atom stereocenters. The van der Waals surface area contributed by atoms with Crippen molar-refractivity contribution in [2.45, 2.75) is 65.4 Å². The Bertz CT molecular complexity index is 903. The molecule has 5 aliphatic carbocycles. The van der Waals surface area contributed by atoms with Crippen LogP contribution >= 0.6 is 11.6 Å². The van der Waals surface area contributed by atoms with Crippen molar-refractivity contribution in [3.05, 3.63) is 22.8 Å². The number of hydrogen-bond donors (Lipinski definition) is 0. The molecule has 0 heterocycles. The van der Waals surface area contributed by atoms with Gasteiger partial charge in [-0.1, -0.05) is 31.5 Å². The van der Waals surface area contributed by atoms with Crippen molar-refractivity contribution >= 4 is 29.1 Å². The first kappa shape index (κ1) is 19.5. The van der Waals surface area contributed by atoms with E-state index in [0.29, 0.717) is 23.3 Å². The minimum Gasteiger partial charge on any atom is -0.451 e. The maximum absolute atomic E-state index is 12.8. The van der Waals surface area contributed by atoms with E-state index in [0.717, 1.165) is 31.3 Å². The predicted octanol–water partition coefficient (Wildman–Crippen LogP) is 4.61. The highest BCUT2D eigenvalue weighted by Crippen LogP contribution is 2.72. The average molecular weight is 417 g/mol. The highest BCUT2D eigenvalue weighted by atomic mass is 35.5. The van der Waals surface area contributed by atoms with E-state index in [4.69, 9.17) is 16.3 Å². The fraction of sp³-hybridized carbons (Fsp3) is 0.708. The molecule has 0 amide bonds. The standard InChI is InChI=1S/C24H29ClO4/c1-12(26)24(29-13(2)27)8-6-16-14-10-20(25)19-11-21(28)15-9-18(15)23(19,4)17(14)5-7-22(16,24)3/h10-11,14-18H,5-9H2,1-4H3/t14-,15-,16+,17-,18-,22+,23-,24-/m0/s1. The number of rotatable bonds is 2. The number of fused-ring (bicyclic) bond motifs is 7. The maximum Gasteiger partial charge on any atom is 0.303 e. The summed E-state index contributed by atoms with van der Waals surface area (Å²) in [6.07, 6.45) is 8.18. The van der Waals surface area contributed by atoms with Crippen LogP contribution in [-0.4, -0.2) is 23.1 Å². The van der Waals surface area contributed by atoms with Crippen molar-refractivity contribution in [2.75, 3.05) is 0 Å². The van der Waals surface area contributed by atoms with E-state index >= 15 is 0 Å². The summed E-state index contributed by atoms with van der Waals surface area (Å²) in [7, 11) is 0. The monoisotopic (exact) mass is 416 g/mol. The van der Waals surface area contributed by atoms with Crippen LogP contribution in [-0.2, 0) is 19.1 Å². The van der Waals surface area contributed by atoms with Crippen LogP contribution in [0.25, 0.3) is 0 Å². The number of ether oxygens (including phenoxy) is 1. The van der Waals surface area contributed by atoms with E-state index in [1.165, 1.54) is 6.92 Å². The molecule has 5 rings (SSSR count). The van der Waals surface area contributed by atoms with Crippen molar-refractivity contribution < 1.29 is 19.1 Å². The van der Waals surface area contributed by atoms with Gasteiger partial charge in [0, 0.05) is 28.7 Å². The molecule has 0 bridgehead atoms. The van der Waals surface area contributed by atoms with Crippen LogP contribution in [0.1, 0.15) is 59.8 Å². The largest absolute Gasteiger partial charge is 0.451 e. The summed E-state index contributed by atoms with van der Waals surface area (Å²) < 4.78 is 5.82. The Morgan fingerprint density at radius 1 is 1.10 bits per heavy atom. The zero-order valence-electron chi connectivity index (χ0n) is 17.6. The van der Waals surface area contributed by atoms with Gasteiger partial charge in [0.2, 0.25) is 0 Å². The van der Waals surface area contributed by atoms with Crippen LogP contribution in [0.3, 0.4) is 0 Å². The lowest BCUT2D eigenvalue weighted by Crippen LogP contribution is -2.58. The second kappa shape index (κ2) is 5.84. The predicted molar refractivity (Wildman–Crippen MR) is 109 cm³/mol. The van der Waals surface area contributed by atoms with Gasteiger partial charge in [-0.25, -0.2) is 0 Å². The summed E-state index contributed by atoms with van der Waals surface area (Å²) in [4.78, 5) is 37.1. The molecule has 0 saturated heterocycles. The number of esters is 1. The number of ketones is 2. The fourth-order valence-electron chi connectivity index (χ4n) is 8.03. The number of hydrogen-bond acceptors (Lipinski definition) is 4. The molecule has 156 valence electrons. The smallest absolute Gasteiger partial charge is 0.303 e. The van der Waals surface area contributed by atoms with Crippen molar-refractivity contribution in [3.63, 3.8) is 0 Å². The van der Waals surface area contributed by atoms with Gasteiger partial charge in [-0.05, 0) is 74.3 Å². The molecule has 5 aliphatic rings. The molecule has 0 spiro atoms. The van der Waals surface area contributed by atoms with Gasteiger partial charge in [0.1, 0.15) is 0 Å². The van der Waals surface area contributed by atoms with Crippen molar-refractivity contribution in [1.29, 1.82) is 0 Å². The lowest BCUT2D eigenvalue weighted by Gasteiger charge is -2.57. The molecule has 0 aliphatic heterocycles. The van der Waals surface area contributed by atoms with Gasteiger partial charge in [0.25, 0.3) is 0 Å². The number of halogens is 1. The zero-order chi connectivity index (χ0) is 20.9. The van der Waals surface area contributed by atoms with E-state index < -0.39 is 5.60 Å². The average Bonchev–Trinajstić information content (AvgIpc) is 3.39. The molecule has 8 atom stereocenters. The summed E-state index contributed by atoms with van der Waals surface area (Å²) in [5.74, 6) is 1.27. The van der Waals surface area contributed by atoms with Gasteiger partial charge in [0.05, 0.1) is 0 Å². The summed E-state index contributed by atoms with van der Waals surface area (Å²) in [6.45, 7) is 7.42. The highest BCUT2D eigenvalue weighted by Gasteiger charge is 2.70. The molecule has 3 fully saturated rings. The van der Waals surface area contributed by atoms with Crippen LogP contribution in [0.15, 0.2) is 22.8 Å². The Kier molecular flexibility index (Phi) is 3.93. The molecule has 0 aromatic heterocycles.